The molecule has 2 saturated heterocycles. The Labute approximate surface area is 220 Å². The second kappa shape index (κ2) is 11.8. The number of hydrogen-bond acceptors (Lipinski definition) is 9. The number of ether oxygens (including phenoxy) is 2. The van der Waals surface area contributed by atoms with Gasteiger partial charge in [-0.15, -0.1) is 0 Å². The molecule has 38 heavy (non-hydrogen) atoms. The number of nitrogens with one attached hydrogen (secondary N) is 2. The van der Waals surface area contributed by atoms with E-state index >= 15 is 0 Å². The molecule has 4 N–H and O–H groups in total. The highest BCUT2D eigenvalue weighted by Gasteiger charge is 2.21. The Morgan fingerprint density at radius 2 is 1.34 bits per heavy atom. The van der Waals surface area contributed by atoms with E-state index in [-0.39, 0.29) is 6.03 Å². The summed E-state index contributed by atoms with van der Waals surface area (Å²) >= 11 is 0. The molecule has 2 fully saturated rings. The molecule has 0 spiro atoms. The van der Waals surface area contributed by atoms with Gasteiger partial charge in [0.25, 0.3) is 0 Å². The Morgan fingerprint density at radius 3 is 1.87 bits per heavy atom. The minimum Gasteiger partial charge on any atom is -0.378 e. The zero-order valence-electron chi connectivity index (χ0n) is 20.9. The maximum Gasteiger partial charge on any atom is 0.319 e. The number of carbonyl (C=O) groups excluding carboxylic acids is 2. The Balaban J connectivity index is 1.26. The third kappa shape index (κ3) is 6.33. The largest absolute Gasteiger partial charge is 0.378 e. The van der Waals surface area contributed by atoms with Crippen LogP contribution < -0.4 is 26.2 Å². The van der Waals surface area contributed by atoms with E-state index in [0.717, 1.165) is 37.3 Å². The second-order valence-electron chi connectivity index (χ2n) is 8.90. The van der Waals surface area contributed by atoms with Crippen molar-refractivity contribution in [1.29, 1.82) is 0 Å². The van der Waals surface area contributed by atoms with E-state index in [1.165, 1.54) is 0 Å². The molecule has 1 aromatic heterocycles. The smallest absolute Gasteiger partial charge is 0.319 e. The number of urea groups is 1. The highest BCUT2D eigenvalue weighted by Crippen LogP contribution is 2.24. The van der Waals surface area contributed by atoms with Gasteiger partial charge in [-0.3, -0.25) is 4.79 Å². The quantitative estimate of drug-likeness (QED) is 0.424. The lowest BCUT2D eigenvalue weighted by Crippen LogP contribution is -2.40. The van der Waals surface area contributed by atoms with Crippen molar-refractivity contribution < 1.29 is 19.1 Å². The fourth-order valence-electron chi connectivity index (χ4n) is 4.14. The lowest BCUT2D eigenvalue weighted by molar-refractivity contribution is 0.1000. The van der Waals surface area contributed by atoms with Crippen LogP contribution in [0.5, 0.6) is 0 Å². The molecular formula is C26H30N8O4. The third-order valence-corrected chi connectivity index (χ3v) is 6.29. The van der Waals surface area contributed by atoms with E-state index in [0.29, 0.717) is 61.9 Å². The van der Waals surface area contributed by atoms with Gasteiger partial charge in [0.2, 0.25) is 17.8 Å². The van der Waals surface area contributed by atoms with Crippen molar-refractivity contribution in [2.75, 3.05) is 67.7 Å². The number of amides is 3. The molecule has 5 rings (SSSR count). The van der Waals surface area contributed by atoms with Crippen molar-refractivity contribution in [3.63, 3.8) is 0 Å². The molecule has 3 amide bonds. The molecule has 0 aliphatic carbocycles. The summed E-state index contributed by atoms with van der Waals surface area (Å²) in [6.07, 6.45) is 0. The predicted octanol–water partition coefficient (Wildman–Crippen LogP) is 1.63. The molecule has 12 heteroatoms. The Morgan fingerprint density at radius 1 is 0.789 bits per heavy atom. The summed E-state index contributed by atoms with van der Waals surface area (Å²) in [6, 6.07) is 13.8. The van der Waals surface area contributed by atoms with E-state index in [1.807, 2.05) is 24.3 Å². The second-order valence-corrected chi connectivity index (χ2v) is 8.90. The fourth-order valence-corrected chi connectivity index (χ4v) is 4.14. The first kappa shape index (κ1) is 25.4. The zero-order chi connectivity index (χ0) is 26.3. The summed E-state index contributed by atoms with van der Waals surface area (Å²) < 4.78 is 11.0. The summed E-state index contributed by atoms with van der Waals surface area (Å²) in [7, 11) is 0. The van der Waals surface area contributed by atoms with E-state index in [1.54, 1.807) is 24.3 Å². The van der Waals surface area contributed by atoms with Gasteiger partial charge >= 0.3 is 6.03 Å². The van der Waals surface area contributed by atoms with E-state index in [4.69, 9.17) is 30.2 Å². The molecule has 0 bridgehead atoms. The summed E-state index contributed by atoms with van der Waals surface area (Å²) in [5.41, 5.74) is 7.98. The highest BCUT2D eigenvalue weighted by molar-refractivity contribution is 5.92. The van der Waals surface area contributed by atoms with Crippen LogP contribution >= 0.6 is 0 Å². The Kier molecular flexibility index (Phi) is 7.90. The number of benzene rings is 2. The van der Waals surface area contributed by atoms with Crippen LogP contribution in [-0.2, 0) is 16.0 Å². The molecule has 0 unspecified atom stereocenters. The van der Waals surface area contributed by atoms with Crippen LogP contribution in [0.4, 0.5) is 22.4 Å². The minimum atomic E-state index is -0.488. The van der Waals surface area contributed by atoms with Crippen LogP contribution in [0, 0.1) is 0 Å². The first-order valence-corrected chi connectivity index (χ1v) is 12.5. The fraction of sp³-hybridized carbons (Fsp3) is 0.346. The monoisotopic (exact) mass is 518 g/mol. The van der Waals surface area contributed by atoms with Crippen molar-refractivity contribution in [1.82, 2.24) is 20.3 Å². The topological polar surface area (TPSA) is 148 Å². The molecule has 0 atom stereocenters. The number of primary amides is 1. The molecule has 2 aromatic carbocycles. The average molecular weight is 519 g/mol. The van der Waals surface area contributed by atoms with Crippen molar-refractivity contribution in [2.45, 2.75) is 6.54 Å². The average Bonchev–Trinajstić information content (AvgIpc) is 2.97. The van der Waals surface area contributed by atoms with Gasteiger partial charge in [-0.1, -0.05) is 12.1 Å². The highest BCUT2D eigenvalue weighted by atomic mass is 16.5. The third-order valence-electron chi connectivity index (χ3n) is 6.29. The van der Waals surface area contributed by atoms with Gasteiger partial charge in [0.1, 0.15) is 0 Å². The molecule has 12 nitrogen and oxygen atoms in total. The van der Waals surface area contributed by atoms with Gasteiger partial charge in [-0.05, 0) is 42.0 Å². The number of nitrogens with two attached hydrogens (primary N) is 1. The van der Waals surface area contributed by atoms with Crippen LogP contribution in [0.3, 0.4) is 0 Å². The van der Waals surface area contributed by atoms with Crippen LogP contribution in [0.25, 0.3) is 11.4 Å². The molecule has 198 valence electrons. The first-order chi connectivity index (χ1) is 18.5. The molecule has 3 aromatic rings. The molecule has 0 saturated carbocycles. The van der Waals surface area contributed by atoms with Crippen molar-refractivity contribution in [2.24, 2.45) is 5.73 Å². The maximum atomic E-state index is 12.4. The molecular weight excluding hydrogens is 488 g/mol. The Hall–Kier alpha value is -4.29. The molecule has 3 heterocycles. The summed E-state index contributed by atoms with van der Waals surface area (Å²) in [6.45, 7) is 5.73. The number of hydrogen-bond donors (Lipinski definition) is 3. The normalized spacial score (nSPS) is 15.7. The molecule has 2 aliphatic heterocycles. The number of morpholine rings is 2. The van der Waals surface area contributed by atoms with E-state index in [9.17, 15) is 9.59 Å². The standard InChI is InChI=1S/C26H30N8O4/c27-22(35)19-3-1-18(2-4-19)17-28-26(36)29-21-7-5-20(6-8-21)23-30-24(33-9-13-37-14-10-33)32-25(31-23)34-11-15-38-16-12-34/h1-8H,9-17H2,(H2,27,35)(H2,28,29,36). The van der Waals surface area contributed by atoms with Crippen LogP contribution in [0.2, 0.25) is 0 Å². The number of carbonyl (C=O) groups is 2. The van der Waals surface area contributed by atoms with Gasteiger partial charge < -0.3 is 35.6 Å². The Bertz CT molecular complexity index is 1220. The number of nitrogens with zero attached hydrogens (tertiary/aromatic N) is 5. The van der Waals surface area contributed by atoms with Gasteiger partial charge in [-0.25, -0.2) is 4.79 Å². The molecule has 0 radical (unpaired) electrons. The number of rotatable bonds is 7. The summed E-state index contributed by atoms with van der Waals surface area (Å²) in [5, 5.41) is 5.62. The zero-order valence-corrected chi connectivity index (χ0v) is 20.9. The SMILES string of the molecule is NC(=O)c1ccc(CNC(=O)Nc2ccc(-c3nc(N4CCOCC4)nc(N4CCOCC4)n3)cc2)cc1. The summed E-state index contributed by atoms with van der Waals surface area (Å²) in [4.78, 5) is 42.1. The molecule has 2 aliphatic rings. The number of anilines is 3. The van der Waals surface area contributed by atoms with Gasteiger partial charge in [0, 0.05) is 49.5 Å². The minimum absolute atomic E-state index is 0.308. The van der Waals surface area contributed by atoms with Gasteiger partial charge in [0.05, 0.1) is 26.4 Å². The lowest BCUT2D eigenvalue weighted by atomic mass is 10.1. The van der Waals surface area contributed by atoms with Gasteiger partial charge in [0.15, 0.2) is 5.82 Å². The van der Waals surface area contributed by atoms with Crippen LogP contribution in [0.1, 0.15) is 15.9 Å². The summed E-state index contributed by atoms with van der Waals surface area (Å²) in [5.74, 6) is 1.34. The van der Waals surface area contributed by atoms with E-state index < -0.39 is 5.91 Å². The van der Waals surface area contributed by atoms with Crippen molar-refractivity contribution >= 4 is 29.5 Å². The predicted molar refractivity (Wildman–Crippen MR) is 142 cm³/mol. The van der Waals surface area contributed by atoms with Crippen molar-refractivity contribution in [3.8, 4) is 11.4 Å². The van der Waals surface area contributed by atoms with Crippen LogP contribution in [-0.4, -0.2) is 79.5 Å². The maximum absolute atomic E-state index is 12.4. The number of aromatic nitrogens is 3. The van der Waals surface area contributed by atoms with E-state index in [2.05, 4.69) is 20.4 Å². The lowest BCUT2D eigenvalue weighted by Gasteiger charge is -2.30. The van der Waals surface area contributed by atoms with Crippen LogP contribution in [0.15, 0.2) is 48.5 Å². The van der Waals surface area contributed by atoms with Crippen molar-refractivity contribution in [3.05, 3.63) is 59.7 Å². The van der Waals surface area contributed by atoms with Gasteiger partial charge in [-0.2, -0.15) is 15.0 Å². The first-order valence-electron chi connectivity index (χ1n) is 12.5.